The lowest BCUT2D eigenvalue weighted by molar-refractivity contribution is 0.767. The van der Waals surface area contributed by atoms with Crippen molar-refractivity contribution in [2.24, 2.45) is 0 Å². The van der Waals surface area contributed by atoms with Crippen molar-refractivity contribution in [3.8, 4) is 45.3 Å². The van der Waals surface area contributed by atoms with Gasteiger partial charge in [-0.15, -0.1) is 0 Å². The molecule has 0 saturated carbocycles. The first-order valence-corrected chi connectivity index (χ1v) is 19.3. The summed E-state index contributed by atoms with van der Waals surface area (Å²) in [5.41, 5.74) is 15.2. The molecular formula is C52H36N4. The van der Waals surface area contributed by atoms with Crippen LogP contribution in [-0.2, 0) is 5.41 Å². The number of benzene rings is 7. The first-order valence-electron chi connectivity index (χ1n) is 19.3. The van der Waals surface area contributed by atoms with Gasteiger partial charge in [0.1, 0.15) is 0 Å². The molecule has 0 radical (unpaired) electrons. The molecule has 264 valence electrons. The van der Waals surface area contributed by atoms with Crippen LogP contribution in [0.25, 0.3) is 50.9 Å². The summed E-state index contributed by atoms with van der Waals surface area (Å²) in [7, 11) is 0. The van der Waals surface area contributed by atoms with Crippen LogP contribution in [0.2, 0.25) is 0 Å². The van der Waals surface area contributed by atoms with Gasteiger partial charge in [-0.1, -0.05) is 164 Å². The van der Waals surface area contributed by atoms with Crippen LogP contribution < -0.4 is 4.90 Å². The largest absolute Gasteiger partial charge is 0.333 e. The van der Waals surface area contributed by atoms with E-state index in [0.29, 0.717) is 17.5 Å². The van der Waals surface area contributed by atoms with Crippen molar-refractivity contribution in [3.05, 3.63) is 228 Å². The summed E-state index contributed by atoms with van der Waals surface area (Å²) in [6.07, 6.45) is 7.76. The van der Waals surface area contributed by atoms with Gasteiger partial charge in [0.15, 0.2) is 17.5 Å². The Balaban J connectivity index is 1.07. The molecule has 1 atom stereocenters. The van der Waals surface area contributed by atoms with E-state index in [1.54, 1.807) is 0 Å². The van der Waals surface area contributed by atoms with Gasteiger partial charge in [0.25, 0.3) is 0 Å². The minimum absolute atomic E-state index is 0.188. The molecule has 0 saturated heterocycles. The van der Waals surface area contributed by atoms with Crippen molar-refractivity contribution in [1.82, 2.24) is 15.0 Å². The fourth-order valence-electron chi connectivity index (χ4n) is 9.23. The highest BCUT2D eigenvalue weighted by Gasteiger charge is 2.48. The van der Waals surface area contributed by atoms with E-state index in [0.717, 1.165) is 28.8 Å². The summed E-state index contributed by atoms with van der Waals surface area (Å²) in [4.78, 5) is 17.5. The maximum absolute atomic E-state index is 5.01. The van der Waals surface area contributed by atoms with Crippen LogP contribution in [0.15, 0.2) is 200 Å². The monoisotopic (exact) mass is 716 g/mol. The predicted octanol–water partition coefficient (Wildman–Crippen LogP) is 12.1. The molecule has 4 nitrogen and oxygen atoms in total. The van der Waals surface area contributed by atoms with Gasteiger partial charge in [-0.2, -0.15) is 0 Å². The molecule has 1 unspecified atom stereocenters. The first-order chi connectivity index (χ1) is 27.8. The lowest BCUT2D eigenvalue weighted by Gasteiger charge is -2.34. The van der Waals surface area contributed by atoms with E-state index < -0.39 is 5.41 Å². The van der Waals surface area contributed by atoms with Gasteiger partial charge in [0.05, 0.1) is 11.5 Å². The number of fused-ring (bicyclic) bond motifs is 6. The van der Waals surface area contributed by atoms with E-state index in [1.807, 2.05) is 60.7 Å². The van der Waals surface area contributed by atoms with Crippen LogP contribution in [0.4, 0.5) is 11.4 Å². The number of rotatable bonds is 6. The number of anilines is 2. The Morgan fingerprint density at radius 1 is 0.464 bits per heavy atom. The molecule has 8 aromatic rings. The fraction of sp³-hybridized carbons (Fsp3) is 0.0577. The van der Waals surface area contributed by atoms with E-state index in [1.165, 1.54) is 50.2 Å². The van der Waals surface area contributed by atoms with Gasteiger partial charge in [0.2, 0.25) is 0 Å². The Kier molecular flexibility index (Phi) is 7.49. The van der Waals surface area contributed by atoms with Gasteiger partial charge in [0, 0.05) is 33.6 Å². The van der Waals surface area contributed by atoms with E-state index in [2.05, 4.69) is 144 Å². The second kappa shape index (κ2) is 13.0. The van der Waals surface area contributed by atoms with Crippen LogP contribution in [0, 0.1) is 0 Å². The zero-order valence-electron chi connectivity index (χ0n) is 30.6. The van der Waals surface area contributed by atoms with Crippen LogP contribution >= 0.6 is 0 Å². The molecule has 0 N–H and O–H groups in total. The van der Waals surface area contributed by atoms with Crippen molar-refractivity contribution in [2.45, 2.75) is 17.9 Å². The third-order valence-electron chi connectivity index (χ3n) is 11.7. The Bertz CT molecular complexity index is 2710. The van der Waals surface area contributed by atoms with Crippen LogP contribution in [0.1, 0.15) is 34.2 Å². The summed E-state index contributed by atoms with van der Waals surface area (Å²) in [6.45, 7) is 0. The van der Waals surface area contributed by atoms with Crippen molar-refractivity contribution in [3.63, 3.8) is 0 Å². The van der Waals surface area contributed by atoms with Gasteiger partial charge in [-0.25, -0.2) is 15.0 Å². The molecule has 11 rings (SSSR count). The average molecular weight is 717 g/mol. The molecule has 3 aliphatic rings. The molecule has 1 aliphatic heterocycles. The van der Waals surface area contributed by atoms with Crippen molar-refractivity contribution in [1.29, 1.82) is 0 Å². The summed E-state index contributed by atoms with van der Waals surface area (Å²) in [5, 5.41) is 0. The second-order valence-electron chi connectivity index (χ2n) is 14.7. The quantitative estimate of drug-likeness (QED) is 0.172. The minimum atomic E-state index is -0.467. The summed E-state index contributed by atoms with van der Waals surface area (Å²) < 4.78 is 0. The summed E-state index contributed by atoms with van der Waals surface area (Å²) >= 11 is 0. The van der Waals surface area contributed by atoms with Crippen LogP contribution in [0.3, 0.4) is 0 Å². The van der Waals surface area contributed by atoms with Crippen molar-refractivity contribution in [2.75, 3.05) is 4.90 Å². The highest BCUT2D eigenvalue weighted by atomic mass is 15.2. The standard InChI is InChI=1S/C52H36N4/c1-5-17-35(18-6-1)49-53-50(36-19-7-2-8-20-36)55-51(54-49)37-29-31-40(32-30-37)56-47-28-16-14-26-42(47)44-33-43-41-25-13-15-27-45(41)52(46(43)34-48(44)56,38-21-9-3-10-22-38)39-23-11-4-12-24-39/h1-27,29-34,47H,28H2. The Labute approximate surface area is 326 Å². The highest BCUT2D eigenvalue weighted by molar-refractivity contribution is 5.99. The number of hydrogen-bond donors (Lipinski definition) is 0. The molecule has 0 amide bonds. The van der Waals surface area contributed by atoms with Gasteiger partial charge in [-0.3, -0.25) is 0 Å². The fourth-order valence-corrected chi connectivity index (χ4v) is 9.23. The smallest absolute Gasteiger partial charge is 0.164 e. The zero-order chi connectivity index (χ0) is 37.1. The molecule has 0 fully saturated rings. The SMILES string of the molecule is C1=CCC2C(=C1)c1cc3c(cc1N2c1ccc(-c2nc(-c4ccccc4)nc(-c4ccccc4)n2)cc1)C(c1ccccc1)(c1ccccc1)c1ccccc1-3. The normalized spacial score (nSPS) is 15.8. The average Bonchev–Trinajstić information content (AvgIpc) is 3.76. The number of hydrogen-bond acceptors (Lipinski definition) is 4. The van der Waals surface area contributed by atoms with E-state index >= 15 is 0 Å². The number of allylic oxidation sites excluding steroid dienone is 2. The Hall–Kier alpha value is -7.17. The van der Waals surface area contributed by atoms with Gasteiger partial charge in [-0.05, 0) is 81.8 Å². The third kappa shape index (κ3) is 4.96. The molecule has 4 heteroatoms. The van der Waals surface area contributed by atoms with Crippen LogP contribution in [-0.4, -0.2) is 21.0 Å². The molecule has 56 heavy (non-hydrogen) atoms. The molecule has 0 spiro atoms. The summed E-state index contributed by atoms with van der Waals surface area (Å²) in [5.74, 6) is 1.97. The highest BCUT2D eigenvalue weighted by Crippen LogP contribution is 2.59. The second-order valence-corrected chi connectivity index (χ2v) is 14.7. The predicted molar refractivity (Wildman–Crippen MR) is 228 cm³/mol. The summed E-state index contributed by atoms with van der Waals surface area (Å²) in [6, 6.07) is 65.3. The van der Waals surface area contributed by atoms with Gasteiger partial charge >= 0.3 is 0 Å². The third-order valence-corrected chi connectivity index (χ3v) is 11.7. The first kappa shape index (κ1) is 32.3. The maximum atomic E-state index is 5.01. The molecular weight excluding hydrogens is 681 g/mol. The van der Waals surface area contributed by atoms with Crippen molar-refractivity contribution < 1.29 is 0 Å². The van der Waals surface area contributed by atoms with Gasteiger partial charge < -0.3 is 4.90 Å². The molecule has 1 aromatic heterocycles. The lowest BCUT2D eigenvalue weighted by atomic mass is 9.67. The molecule has 7 aromatic carbocycles. The zero-order valence-corrected chi connectivity index (χ0v) is 30.6. The Morgan fingerprint density at radius 3 is 1.57 bits per heavy atom. The van der Waals surface area contributed by atoms with Crippen molar-refractivity contribution >= 4 is 16.9 Å². The molecule has 2 aliphatic carbocycles. The van der Waals surface area contributed by atoms with E-state index in [9.17, 15) is 0 Å². The van der Waals surface area contributed by atoms with E-state index in [-0.39, 0.29) is 6.04 Å². The minimum Gasteiger partial charge on any atom is -0.333 e. The Morgan fingerprint density at radius 2 is 0.982 bits per heavy atom. The molecule has 2 heterocycles. The molecule has 0 bridgehead atoms. The lowest BCUT2D eigenvalue weighted by Crippen LogP contribution is -2.29. The number of aromatic nitrogens is 3. The number of nitrogens with zero attached hydrogens (tertiary/aromatic N) is 4. The maximum Gasteiger partial charge on any atom is 0.164 e. The van der Waals surface area contributed by atoms with E-state index in [4.69, 9.17) is 15.0 Å². The van der Waals surface area contributed by atoms with Crippen LogP contribution in [0.5, 0.6) is 0 Å². The topological polar surface area (TPSA) is 41.9 Å².